The highest BCUT2D eigenvalue weighted by Crippen LogP contribution is 2.10. The van der Waals surface area contributed by atoms with Crippen molar-refractivity contribution in [2.75, 3.05) is 13.7 Å². The van der Waals surface area contributed by atoms with Gasteiger partial charge in [0.25, 0.3) is 0 Å². The van der Waals surface area contributed by atoms with E-state index in [1.165, 1.54) is 7.05 Å². The summed E-state index contributed by atoms with van der Waals surface area (Å²) in [5.41, 5.74) is 0. The van der Waals surface area contributed by atoms with E-state index in [9.17, 15) is 8.42 Å². The Bertz CT molecular complexity index is 195. The molecule has 0 fully saturated rings. The van der Waals surface area contributed by atoms with Crippen molar-refractivity contribution in [3.63, 3.8) is 0 Å². The first kappa shape index (κ1) is 11.9. The molecular weight excluding hydrogens is 178 g/mol. The van der Waals surface area contributed by atoms with E-state index in [-0.39, 0.29) is 6.61 Å². The maximum atomic E-state index is 11.3. The predicted octanol–water partition coefficient (Wildman–Crippen LogP) is 0.0867. The Labute approximate surface area is 74.0 Å². The quantitative estimate of drug-likeness (QED) is 0.631. The molecule has 0 spiro atoms. The molecule has 0 aromatic carbocycles. The highest BCUT2D eigenvalue weighted by atomic mass is 32.2. The lowest BCUT2D eigenvalue weighted by molar-refractivity contribution is 0.283. The molecule has 5 heteroatoms. The first-order chi connectivity index (χ1) is 5.58. The second kappa shape index (κ2) is 5.50. The fraction of sp³-hybridized carbons (Fsp3) is 1.00. The third kappa shape index (κ3) is 3.51. The van der Waals surface area contributed by atoms with E-state index in [1.807, 2.05) is 6.92 Å². The monoisotopic (exact) mass is 195 g/mol. The molecule has 12 heavy (non-hydrogen) atoms. The Morgan fingerprint density at radius 1 is 1.42 bits per heavy atom. The van der Waals surface area contributed by atoms with E-state index >= 15 is 0 Å². The van der Waals surface area contributed by atoms with Crippen molar-refractivity contribution in [3.05, 3.63) is 0 Å². The molecule has 0 aliphatic rings. The average molecular weight is 195 g/mol. The van der Waals surface area contributed by atoms with Gasteiger partial charge in [0.1, 0.15) is 0 Å². The molecule has 0 amide bonds. The van der Waals surface area contributed by atoms with Crippen LogP contribution in [0.4, 0.5) is 0 Å². The molecule has 1 atom stereocenters. The summed E-state index contributed by atoms with van der Waals surface area (Å²) in [7, 11) is -1.80. The summed E-state index contributed by atoms with van der Waals surface area (Å²) in [5.74, 6) is 0. The third-order valence-electron chi connectivity index (χ3n) is 1.79. The molecule has 0 saturated carbocycles. The van der Waals surface area contributed by atoms with Crippen LogP contribution in [0.3, 0.4) is 0 Å². The number of nitrogens with one attached hydrogen (secondary N) is 1. The fourth-order valence-electron chi connectivity index (χ4n) is 1.09. The Balaban J connectivity index is 4.28. The Morgan fingerprint density at radius 2 is 2.00 bits per heavy atom. The summed E-state index contributed by atoms with van der Waals surface area (Å²) in [6.45, 7) is 1.85. The normalized spacial score (nSPS) is 14.6. The van der Waals surface area contributed by atoms with Gasteiger partial charge in [0.05, 0.1) is 5.25 Å². The van der Waals surface area contributed by atoms with Crippen molar-refractivity contribution < 1.29 is 13.5 Å². The Morgan fingerprint density at radius 3 is 2.33 bits per heavy atom. The van der Waals surface area contributed by atoms with Gasteiger partial charge in [-0.2, -0.15) is 0 Å². The van der Waals surface area contributed by atoms with Crippen molar-refractivity contribution in [2.45, 2.75) is 31.4 Å². The minimum Gasteiger partial charge on any atom is -0.396 e. The van der Waals surface area contributed by atoms with E-state index in [2.05, 4.69) is 4.72 Å². The smallest absolute Gasteiger partial charge is 0.214 e. The van der Waals surface area contributed by atoms with Gasteiger partial charge in [-0.15, -0.1) is 0 Å². The van der Waals surface area contributed by atoms with E-state index in [1.54, 1.807) is 0 Å². The zero-order valence-electron chi connectivity index (χ0n) is 7.58. The topological polar surface area (TPSA) is 66.4 Å². The second-order valence-electron chi connectivity index (χ2n) is 2.67. The lowest BCUT2D eigenvalue weighted by Crippen LogP contribution is -2.32. The summed E-state index contributed by atoms with van der Waals surface area (Å²) in [6.07, 6.45) is 1.73. The van der Waals surface area contributed by atoms with Crippen LogP contribution < -0.4 is 4.72 Å². The summed E-state index contributed by atoms with van der Waals surface area (Å²) < 4.78 is 24.8. The van der Waals surface area contributed by atoms with Gasteiger partial charge in [0.2, 0.25) is 10.0 Å². The van der Waals surface area contributed by atoms with E-state index in [4.69, 9.17) is 5.11 Å². The highest BCUT2D eigenvalue weighted by molar-refractivity contribution is 7.90. The van der Waals surface area contributed by atoms with Crippen LogP contribution in [0.1, 0.15) is 26.2 Å². The molecule has 0 bridgehead atoms. The first-order valence-corrected chi connectivity index (χ1v) is 5.66. The molecule has 4 nitrogen and oxygen atoms in total. The van der Waals surface area contributed by atoms with Crippen LogP contribution in [0.15, 0.2) is 0 Å². The van der Waals surface area contributed by atoms with E-state index in [0.717, 1.165) is 6.42 Å². The summed E-state index contributed by atoms with van der Waals surface area (Å²) >= 11 is 0. The Kier molecular flexibility index (Phi) is 5.44. The van der Waals surface area contributed by atoms with Crippen molar-refractivity contribution >= 4 is 10.0 Å². The van der Waals surface area contributed by atoms with Crippen LogP contribution in [0.25, 0.3) is 0 Å². The van der Waals surface area contributed by atoms with Gasteiger partial charge in [-0.25, -0.2) is 13.1 Å². The zero-order chi connectivity index (χ0) is 9.61. The standard InChI is InChI=1S/C7H17NO3S/c1-3-4-7(5-6-9)12(10,11)8-2/h7-9H,3-6H2,1-2H3. The van der Waals surface area contributed by atoms with Crippen molar-refractivity contribution in [3.8, 4) is 0 Å². The minimum atomic E-state index is -3.19. The van der Waals surface area contributed by atoms with Gasteiger partial charge in [-0.3, -0.25) is 0 Å². The lowest BCUT2D eigenvalue weighted by Gasteiger charge is -2.14. The van der Waals surface area contributed by atoms with Crippen LogP contribution in [0.5, 0.6) is 0 Å². The number of aliphatic hydroxyl groups excluding tert-OH is 1. The summed E-state index contributed by atoms with van der Waals surface area (Å²) in [6, 6.07) is 0. The molecule has 2 N–H and O–H groups in total. The molecule has 74 valence electrons. The van der Waals surface area contributed by atoms with Crippen LogP contribution in [0, 0.1) is 0 Å². The van der Waals surface area contributed by atoms with Crippen LogP contribution in [-0.4, -0.2) is 32.4 Å². The molecule has 0 aromatic heterocycles. The van der Waals surface area contributed by atoms with Gasteiger partial charge in [-0.1, -0.05) is 13.3 Å². The Hall–Kier alpha value is -0.130. The SMILES string of the molecule is CCCC(CCO)S(=O)(=O)NC. The second-order valence-corrected chi connectivity index (χ2v) is 4.84. The number of hydrogen-bond donors (Lipinski definition) is 2. The van der Waals surface area contributed by atoms with E-state index in [0.29, 0.717) is 12.8 Å². The molecule has 1 unspecified atom stereocenters. The zero-order valence-corrected chi connectivity index (χ0v) is 8.39. The molecule has 0 radical (unpaired) electrons. The predicted molar refractivity (Wildman–Crippen MR) is 48.4 cm³/mol. The maximum absolute atomic E-state index is 11.3. The van der Waals surface area contributed by atoms with Crippen LogP contribution in [-0.2, 0) is 10.0 Å². The lowest BCUT2D eigenvalue weighted by atomic mass is 10.2. The van der Waals surface area contributed by atoms with Crippen LogP contribution in [0.2, 0.25) is 0 Å². The van der Waals surface area contributed by atoms with Crippen molar-refractivity contribution in [1.82, 2.24) is 4.72 Å². The van der Waals surface area contributed by atoms with Gasteiger partial charge < -0.3 is 5.11 Å². The molecule has 0 aliphatic heterocycles. The average Bonchev–Trinajstić information content (AvgIpc) is 2.04. The number of aliphatic hydroxyl groups is 1. The molecular formula is C7H17NO3S. The highest BCUT2D eigenvalue weighted by Gasteiger charge is 2.21. The maximum Gasteiger partial charge on any atom is 0.214 e. The molecule has 0 aromatic rings. The van der Waals surface area contributed by atoms with Crippen molar-refractivity contribution in [1.29, 1.82) is 0 Å². The molecule has 0 aliphatic carbocycles. The summed E-state index contributed by atoms with van der Waals surface area (Å²) in [5, 5.41) is 8.18. The van der Waals surface area contributed by atoms with Crippen molar-refractivity contribution in [2.24, 2.45) is 0 Å². The third-order valence-corrected chi connectivity index (χ3v) is 3.70. The molecule has 0 rings (SSSR count). The summed E-state index contributed by atoms with van der Waals surface area (Å²) in [4.78, 5) is 0. The van der Waals surface area contributed by atoms with Gasteiger partial charge in [0, 0.05) is 6.61 Å². The number of hydrogen-bond acceptors (Lipinski definition) is 3. The first-order valence-electron chi connectivity index (χ1n) is 4.11. The fourth-order valence-corrected chi connectivity index (χ4v) is 2.38. The van der Waals surface area contributed by atoms with Crippen LogP contribution >= 0.6 is 0 Å². The largest absolute Gasteiger partial charge is 0.396 e. The van der Waals surface area contributed by atoms with Gasteiger partial charge in [-0.05, 0) is 19.9 Å². The van der Waals surface area contributed by atoms with Gasteiger partial charge >= 0.3 is 0 Å². The van der Waals surface area contributed by atoms with E-state index < -0.39 is 15.3 Å². The number of sulfonamides is 1. The molecule has 0 heterocycles. The minimum absolute atomic E-state index is 0.0778. The van der Waals surface area contributed by atoms with Gasteiger partial charge in [0.15, 0.2) is 0 Å². The molecule has 0 saturated heterocycles. The number of rotatable bonds is 6.